The van der Waals surface area contributed by atoms with Crippen LogP contribution in [0.2, 0.25) is 0 Å². The Bertz CT molecular complexity index is 1300. The first-order chi connectivity index (χ1) is 14.1. The van der Waals surface area contributed by atoms with Crippen molar-refractivity contribution in [1.82, 2.24) is 24.6 Å². The van der Waals surface area contributed by atoms with E-state index in [0.29, 0.717) is 35.6 Å². The van der Waals surface area contributed by atoms with Crippen LogP contribution in [-0.4, -0.2) is 31.2 Å². The predicted molar refractivity (Wildman–Crippen MR) is 105 cm³/mol. The maximum atomic E-state index is 14.4. The third kappa shape index (κ3) is 2.82. The lowest BCUT2D eigenvalue weighted by Gasteiger charge is -2.12. The maximum absolute atomic E-state index is 14.4. The number of H-pyrrole nitrogens is 1. The Hall–Kier alpha value is -3.75. The average molecular weight is 392 g/mol. The van der Waals surface area contributed by atoms with Crippen LogP contribution in [0.5, 0.6) is 5.75 Å². The van der Waals surface area contributed by atoms with Crippen molar-refractivity contribution in [1.29, 1.82) is 0 Å². The normalized spacial score (nSPS) is 12.8. The van der Waals surface area contributed by atoms with Crippen LogP contribution in [0.3, 0.4) is 0 Å². The molecule has 4 aromatic rings. The summed E-state index contributed by atoms with van der Waals surface area (Å²) in [5, 5.41) is 9.69. The largest absolute Gasteiger partial charge is 0.493 e. The molecule has 0 unspecified atom stereocenters. The number of aromatic amines is 1. The lowest BCUT2D eigenvalue weighted by atomic mass is 10.0. The van der Waals surface area contributed by atoms with Gasteiger partial charge in [0.05, 0.1) is 6.61 Å². The molecule has 0 saturated carbocycles. The van der Waals surface area contributed by atoms with E-state index >= 15 is 0 Å². The van der Waals surface area contributed by atoms with Crippen molar-refractivity contribution >= 4 is 11.6 Å². The van der Waals surface area contributed by atoms with Gasteiger partial charge in [0, 0.05) is 53.3 Å². The van der Waals surface area contributed by atoms with Gasteiger partial charge >= 0.3 is 5.69 Å². The molecule has 0 bridgehead atoms. The molecule has 0 amide bonds. The first-order valence-corrected chi connectivity index (χ1v) is 9.18. The molecule has 29 heavy (non-hydrogen) atoms. The molecular formula is C20H17FN6O2. The number of pyridine rings is 1. The van der Waals surface area contributed by atoms with Crippen molar-refractivity contribution in [3.63, 3.8) is 0 Å². The van der Waals surface area contributed by atoms with Crippen LogP contribution in [0.1, 0.15) is 16.8 Å². The van der Waals surface area contributed by atoms with E-state index in [0.717, 1.165) is 16.8 Å². The van der Waals surface area contributed by atoms with Gasteiger partial charge in [-0.2, -0.15) is 5.10 Å². The van der Waals surface area contributed by atoms with Crippen LogP contribution < -0.4 is 15.7 Å². The number of fused-ring (bicyclic) bond motifs is 2. The number of halogens is 1. The highest BCUT2D eigenvalue weighted by molar-refractivity contribution is 5.78. The molecule has 0 atom stereocenters. The minimum atomic E-state index is -0.430. The van der Waals surface area contributed by atoms with Gasteiger partial charge in [0.25, 0.3) is 0 Å². The zero-order valence-corrected chi connectivity index (χ0v) is 15.6. The summed E-state index contributed by atoms with van der Waals surface area (Å²) in [6, 6.07) is 6.75. The van der Waals surface area contributed by atoms with Crippen LogP contribution in [0.15, 0.2) is 41.5 Å². The third-order valence-electron chi connectivity index (χ3n) is 5.10. The highest BCUT2D eigenvalue weighted by Gasteiger charge is 2.20. The molecule has 9 heteroatoms. The Morgan fingerprint density at radius 3 is 3.03 bits per heavy atom. The molecule has 1 aliphatic rings. The number of hydrogen-bond donors (Lipinski definition) is 2. The Morgan fingerprint density at radius 2 is 2.17 bits per heavy atom. The minimum Gasteiger partial charge on any atom is -0.493 e. The second-order valence-electron chi connectivity index (χ2n) is 6.77. The fourth-order valence-electron chi connectivity index (χ4n) is 3.67. The topological polar surface area (TPSA) is 97.2 Å². The Labute approximate surface area is 164 Å². The zero-order chi connectivity index (χ0) is 20.0. The fourth-order valence-corrected chi connectivity index (χ4v) is 3.67. The molecule has 0 radical (unpaired) electrons. The molecule has 3 aromatic heterocycles. The second kappa shape index (κ2) is 6.69. The summed E-state index contributed by atoms with van der Waals surface area (Å²) >= 11 is 0. The van der Waals surface area contributed by atoms with Crippen molar-refractivity contribution in [2.45, 2.75) is 19.9 Å². The first kappa shape index (κ1) is 17.4. The van der Waals surface area contributed by atoms with Gasteiger partial charge in [0.1, 0.15) is 11.6 Å². The molecule has 0 fully saturated rings. The van der Waals surface area contributed by atoms with E-state index in [1.54, 1.807) is 18.5 Å². The van der Waals surface area contributed by atoms with Gasteiger partial charge in [0.15, 0.2) is 5.65 Å². The maximum Gasteiger partial charge on any atom is 0.350 e. The highest BCUT2D eigenvalue weighted by atomic mass is 19.1. The summed E-state index contributed by atoms with van der Waals surface area (Å²) < 4.78 is 21.3. The molecule has 0 aliphatic carbocycles. The number of aromatic nitrogens is 5. The van der Waals surface area contributed by atoms with Gasteiger partial charge in [-0.3, -0.25) is 4.98 Å². The number of nitrogens with one attached hydrogen (secondary N) is 2. The second-order valence-corrected chi connectivity index (χ2v) is 6.77. The van der Waals surface area contributed by atoms with Gasteiger partial charge < -0.3 is 10.1 Å². The number of ether oxygens (including phenoxy) is 1. The van der Waals surface area contributed by atoms with Gasteiger partial charge in [-0.25, -0.2) is 23.7 Å². The molecule has 146 valence electrons. The van der Waals surface area contributed by atoms with Crippen molar-refractivity contribution in [2.75, 3.05) is 11.9 Å². The van der Waals surface area contributed by atoms with Crippen molar-refractivity contribution < 1.29 is 9.13 Å². The van der Waals surface area contributed by atoms with Crippen LogP contribution >= 0.6 is 0 Å². The standard InChI is InChI=1S/C20H17FN6O2/c1-11-12(3-2-7-22-11)15-10-24-19(27-18(15)25-26-20(27)28)23-9-14-13-6-8-29-17(13)5-4-16(14)21/h2-5,7,10H,6,8-9H2,1H3,(H,23,24)(H,26,28). The minimum absolute atomic E-state index is 0.170. The lowest BCUT2D eigenvalue weighted by Crippen LogP contribution is -2.17. The molecule has 0 saturated heterocycles. The van der Waals surface area contributed by atoms with E-state index < -0.39 is 5.69 Å². The van der Waals surface area contributed by atoms with Crippen molar-refractivity contribution in [2.24, 2.45) is 0 Å². The number of anilines is 1. The number of benzene rings is 1. The fraction of sp³-hybridized carbons (Fsp3) is 0.200. The number of hydrogen-bond acceptors (Lipinski definition) is 6. The van der Waals surface area contributed by atoms with Crippen molar-refractivity contribution in [3.8, 4) is 16.9 Å². The van der Waals surface area contributed by atoms with Crippen LogP contribution in [0.25, 0.3) is 16.8 Å². The third-order valence-corrected chi connectivity index (χ3v) is 5.10. The Morgan fingerprint density at radius 1 is 1.28 bits per heavy atom. The predicted octanol–water partition coefficient (Wildman–Crippen LogP) is 2.47. The molecule has 1 aromatic carbocycles. The summed E-state index contributed by atoms with van der Waals surface area (Å²) in [5.41, 5.74) is 3.66. The summed E-state index contributed by atoms with van der Waals surface area (Å²) in [5.74, 6) is 0.657. The molecule has 2 N–H and O–H groups in total. The Balaban J connectivity index is 1.56. The highest BCUT2D eigenvalue weighted by Crippen LogP contribution is 2.31. The first-order valence-electron chi connectivity index (χ1n) is 9.18. The van der Waals surface area contributed by atoms with Gasteiger partial charge in [-0.1, -0.05) is 6.07 Å². The quantitative estimate of drug-likeness (QED) is 0.554. The average Bonchev–Trinajstić information content (AvgIpc) is 3.35. The lowest BCUT2D eigenvalue weighted by molar-refractivity contribution is 0.356. The smallest absolute Gasteiger partial charge is 0.350 e. The van der Waals surface area contributed by atoms with E-state index in [4.69, 9.17) is 4.74 Å². The molecule has 4 heterocycles. The van der Waals surface area contributed by atoms with E-state index in [1.165, 1.54) is 10.5 Å². The number of rotatable bonds is 4. The van der Waals surface area contributed by atoms with Crippen LogP contribution in [0, 0.1) is 12.7 Å². The van der Waals surface area contributed by atoms with E-state index in [2.05, 4.69) is 25.5 Å². The van der Waals surface area contributed by atoms with Gasteiger partial charge in [-0.05, 0) is 25.1 Å². The van der Waals surface area contributed by atoms with Gasteiger partial charge in [0.2, 0.25) is 5.95 Å². The van der Waals surface area contributed by atoms with E-state index in [1.807, 2.05) is 19.1 Å². The van der Waals surface area contributed by atoms with E-state index in [9.17, 15) is 9.18 Å². The zero-order valence-electron chi connectivity index (χ0n) is 15.6. The molecule has 8 nitrogen and oxygen atoms in total. The summed E-state index contributed by atoms with van der Waals surface area (Å²) in [6.07, 6.45) is 3.99. The number of aryl methyl sites for hydroxylation is 1. The summed E-state index contributed by atoms with van der Waals surface area (Å²) in [7, 11) is 0. The van der Waals surface area contributed by atoms with Crippen molar-refractivity contribution in [3.05, 3.63) is 69.8 Å². The molecule has 1 aliphatic heterocycles. The van der Waals surface area contributed by atoms with Crippen LogP contribution in [0.4, 0.5) is 10.3 Å². The van der Waals surface area contributed by atoms with Gasteiger partial charge in [-0.15, -0.1) is 0 Å². The number of nitrogens with zero attached hydrogens (tertiary/aromatic N) is 4. The molecule has 5 rings (SSSR count). The molecule has 0 spiro atoms. The van der Waals surface area contributed by atoms with Crippen LogP contribution in [-0.2, 0) is 13.0 Å². The Kier molecular flexibility index (Phi) is 4.01. The summed E-state index contributed by atoms with van der Waals surface area (Å²) in [4.78, 5) is 21.1. The monoisotopic (exact) mass is 392 g/mol. The van der Waals surface area contributed by atoms with E-state index in [-0.39, 0.29) is 18.3 Å². The summed E-state index contributed by atoms with van der Waals surface area (Å²) in [6.45, 7) is 2.58. The molecular weight excluding hydrogens is 375 g/mol. The SMILES string of the molecule is Cc1ncccc1-c1cnc(NCc2c(F)ccc3c2CCO3)n2c(=O)[nH]nc12.